The van der Waals surface area contributed by atoms with Crippen molar-refractivity contribution >= 4 is 16.9 Å². The van der Waals surface area contributed by atoms with E-state index in [0.29, 0.717) is 12.1 Å². The number of hydrogen-bond donors (Lipinski definition) is 1. The first-order valence-electron chi connectivity index (χ1n) is 10.5. The highest BCUT2D eigenvalue weighted by Crippen LogP contribution is 2.28. The molecule has 0 unspecified atom stereocenters. The molecule has 0 saturated heterocycles. The first-order valence-corrected chi connectivity index (χ1v) is 10.5. The van der Waals surface area contributed by atoms with Crippen molar-refractivity contribution in [2.75, 3.05) is 0 Å². The lowest BCUT2D eigenvalue weighted by Gasteiger charge is -2.15. The van der Waals surface area contributed by atoms with E-state index in [9.17, 15) is 4.79 Å². The van der Waals surface area contributed by atoms with E-state index >= 15 is 0 Å². The summed E-state index contributed by atoms with van der Waals surface area (Å²) in [4.78, 5) is 18.3. The molecule has 160 valence electrons. The van der Waals surface area contributed by atoms with Crippen LogP contribution in [-0.4, -0.2) is 30.5 Å². The molecule has 3 aromatic heterocycles. The van der Waals surface area contributed by atoms with Gasteiger partial charge in [0.1, 0.15) is 0 Å². The van der Waals surface area contributed by atoms with E-state index in [1.54, 1.807) is 6.20 Å². The van der Waals surface area contributed by atoms with Gasteiger partial charge in [-0.2, -0.15) is 10.2 Å². The Balaban J connectivity index is 1.81. The van der Waals surface area contributed by atoms with Crippen molar-refractivity contribution in [1.82, 2.24) is 29.9 Å². The van der Waals surface area contributed by atoms with Crippen molar-refractivity contribution in [3.8, 4) is 11.3 Å². The summed E-state index contributed by atoms with van der Waals surface area (Å²) in [5.41, 5.74) is 7.06. The topological polar surface area (TPSA) is 77.6 Å². The van der Waals surface area contributed by atoms with Crippen molar-refractivity contribution in [3.63, 3.8) is 0 Å². The Morgan fingerprint density at radius 3 is 2.48 bits per heavy atom. The molecule has 1 atom stereocenters. The number of carbonyl (C=O) groups is 1. The molecule has 1 amide bonds. The second-order valence-electron chi connectivity index (χ2n) is 8.02. The minimum Gasteiger partial charge on any atom is -0.345 e. The number of nitrogens with one attached hydrogen (secondary N) is 1. The monoisotopic (exact) mass is 416 g/mol. The van der Waals surface area contributed by atoms with E-state index in [1.165, 1.54) is 5.56 Å². The van der Waals surface area contributed by atoms with Crippen LogP contribution in [0.4, 0.5) is 0 Å². The fourth-order valence-electron chi connectivity index (χ4n) is 3.92. The van der Waals surface area contributed by atoms with Gasteiger partial charge in [-0.25, -0.2) is 9.67 Å². The molecular formula is C24H28N6O. The maximum Gasteiger partial charge on any atom is 0.252 e. The fourth-order valence-corrected chi connectivity index (χ4v) is 3.92. The van der Waals surface area contributed by atoms with Crippen LogP contribution >= 0.6 is 0 Å². The molecule has 1 aromatic carbocycles. The third-order valence-electron chi connectivity index (χ3n) is 5.86. The number of aromatic nitrogens is 5. The Bertz CT molecular complexity index is 1270. The first-order chi connectivity index (χ1) is 14.8. The van der Waals surface area contributed by atoms with Crippen molar-refractivity contribution in [3.05, 3.63) is 64.6 Å². The Morgan fingerprint density at radius 2 is 1.87 bits per heavy atom. The average Bonchev–Trinajstić information content (AvgIpc) is 3.26. The highest BCUT2D eigenvalue weighted by Gasteiger charge is 2.22. The summed E-state index contributed by atoms with van der Waals surface area (Å²) in [6.07, 6.45) is 1.81. The molecule has 31 heavy (non-hydrogen) atoms. The Labute approximate surface area is 182 Å². The first kappa shape index (κ1) is 20.8. The molecule has 0 fully saturated rings. The van der Waals surface area contributed by atoms with E-state index < -0.39 is 0 Å². The van der Waals surface area contributed by atoms with Gasteiger partial charge in [-0.15, -0.1) is 0 Å². The van der Waals surface area contributed by atoms with Gasteiger partial charge in [0.2, 0.25) is 0 Å². The number of pyridine rings is 1. The van der Waals surface area contributed by atoms with Crippen LogP contribution in [0.2, 0.25) is 0 Å². The van der Waals surface area contributed by atoms with Gasteiger partial charge in [0.05, 0.1) is 34.6 Å². The lowest BCUT2D eigenvalue weighted by Crippen LogP contribution is -2.27. The standard InChI is InChI=1S/C24H28N6O/c1-7-30-23-22(16(4)28-30)19(12-21(27-23)18-10-8-14(2)9-11-18)24(31)26-15(3)20-13-25-29(6)17(20)5/h8-13,15H,7H2,1-6H3,(H,26,31)/t15-/m0/s1. The number of fused-ring (bicyclic) bond motifs is 1. The van der Waals surface area contributed by atoms with Crippen LogP contribution in [0.1, 0.15) is 52.8 Å². The largest absolute Gasteiger partial charge is 0.345 e. The van der Waals surface area contributed by atoms with Gasteiger partial charge in [-0.1, -0.05) is 29.8 Å². The van der Waals surface area contributed by atoms with E-state index in [2.05, 4.69) is 34.6 Å². The Hall–Kier alpha value is -3.48. The van der Waals surface area contributed by atoms with Crippen LogP contribution in [-0.2, 0) is 13.6 Å². The van der Waals surface area contributed by atoms with Crippen molar-refractivity contribution in [2.45, 2.75) is 47.2 Å². The highest BCUT2D eigenvalue weighted by molar-refractivity contribution is 6.07. The number of aryl methyl sites for hydroxylation is 4. The molecule has 0 saturated carbocycles. The van der Waals surface area contributed by atoms with Crippen LogP contribution in [0.5, 0.6) is 0 Å². The lowest BCUT2D eigenvalue weighted by molar-refractivity contribution is 0.0941. The number of hydrogen-bond acceptors (Lipinski definition) is 4. The van der Waals surface area contributed by atoms with Gasteiger partial charge in [0, 0.05) is 30.4 Å². The van der Waals surface area contributed by atoms with Crippen LogP contribution < -0.4 is 5.32 Å². The van der Waals surface area contributed by atoms with Crippen molar-refractivity contribution in [1.29, 1.82) is 0 Å². The van der Waals surface area contributed by atoms with Crippen molar-refractivity contribution < 1.29 is 4.79 Å². The van der Waals surface area contributed by atoms with Gasteiger partial charge >= 0.3 is 0 Å². The summed E-state index contributed by atoms with van der Waals surface area (Å²) in [6.45, 7) is 10.7. The van der Waals surface area contributed by atoms with E-state index in [0.717, 1.165) is 39.2 Å². The van der Waals surface area contributed by atoms with Crippen molar-refractivity contribution in [2.24, 2.45) is 7.05 Å². The third-order valence-corrected chi connectivity index (χ3v) is 5.86. The molecule has 0 radical (unpaired) electrons. The van der Waals surface area contributed by atoms with Gasteiger partial charge in [0.25, 0.3) is 5.91 Å². The Kier molecular flexibility index (Phi) is 5.35. The zero-order chi connectivity index (χ0) is 22.3. The number of nitrogens with zero attached hydrogens (tertiary/aromatic N) is 5. The summed E-state index contributed by atoms with van der Waals surface area (Å²) < 4.78 is 3.67. The lowest BCUT2D eigenvalue weighted by atomic mass is 10.0. The molecule has 0 spiro atoms. The van der Waals surface area contributed by atoms with E-state index in [4.69, 9.17) is 4.98 Å². The predicted octanol–water partition coefficient (Wildman–Crippen LogP) is 4.27. The van der Waals surface area contributed by atoms with E-state index in [1.807, 2.05) is 62.3 Å². The fraction of sp³-hybridized carbons (Fsp3) is 0.333. The summed E-state index contributed by atoms with van der Waals surface area (Å²) in [7, 11) is 1.90. The summed E-state index contributed by atoms with van der Waals surface area (Å²) in [6, 6.07) is 9.87. The van der Waals surface area contributed by atoms with Gasteiger partial charge in [-0.05, 0) is 40.7 Å². The molecule has 0 bridgehead atoms. The molecule has 0 aliphatic heterocycles. The van der Waals surface area contributed by atoms with Crippen LogP contribution in [0, 0.1) is 20.8 Å². The average molecular weight is 417 g/mol. The number of carbonyl (C=O) groups excluding carboxylic acids is 1. The summed E-state index contributed by atoms with van der Waals surface area (Å²) in [5.74, 6) is -0.143. The van der Waals surface area contributed by atoms with Crippen LogP contribution in [0.3, 0.4) is 0 Å². The van der Waals surface area contributed by atoms with Gasteiger partial charge < -0.3 is 5.32 Å². The number of rotatable bonds is 5. The molecular weight excluding hydrogens is 388 g/mol. The van der Waals surface area contributed by atoms with Gasteiger partial charge in [0.15, 0.2) is 5.65 Å². The summed E-state index contributed by atoms with van der Waals surface area (Å²) >= 11 is 0. The molecule has 4 rings (SSSR count). The van der Waals surface area contributed by atoms with Crippen LogP contribution in [0.15, 0.2) is 36.5 Å². The highest BCUT2D eigenvalue weighted by atomic mass is 16.1. The predicted molar refractivity (Wildman–Crippen MR) is 122 cm³/mol. The normalized spacial score (nSPS) is 12.3. The summed E-state index contributed by atoms with van der Waals surface area (Å²) in [5, 5.41) is 12.9. The zero-order valence-electron chi connectivity index (χ0n) is 18.9. The zero-order valence-corrected chi connectivity index (χ0v) is 18.9. The maximum absolute atomic E-state index is 13.4. The number of amides is 1. The van der Waals surface area contributed by atoms with Gasteiger partial charge in [-0.3, -0.25) is 9.48 Å². The molecule has 7 heteroatoms. The molecule has 0 aliphatic carbocycles. The molecule has 7 nitrogen and oxygen atoms in total. The smallest absolute Gasteiger partial charge is 0.252 e. The quantitative estimate of drug-likeness (QED) is 0.527. The van der Waals surface area contributed by atoms with Crippen LogP contribution in [0.25, 0.3) is 22.3 Å². The second-order valence-corrected chi connectivity index (χ2v) is 8.02. The SMILES string of the molecule is CCn1nc(C)c2c(C(=O)N[C@@H](C)c3cnn(C)c3C)cc(-c3ccc(C)cc3)nc21. The van der Waals surface area contributed by atoms with E-state index in [-0.39, 0.29) is 11.9 Å². The second kappa shape index (κ2) is 7.98. The molecule has 1 N–H and O–H groups in total. The Morgan fingerprint density at radius 1 is 1.16 bits per heavy atom. The molecule has 0 aliphatic rings. The minimum absolute atomic E-state index is 0.143. The molecule has 3 heterocycles. The number of benzene rings is 1. The minimum atomic E-state index is -0.172. The third kappa shape index (κ3) is 3.71. The molecule has 4 aromatic rings. The maximum atomic E-state index is 13.4.